The van der Waals surface area contributed by atoms with Crippen molar-refractivity contribution in [2.45, 2.75) is 31.9 Å². The summed E-state index contributed by atoms with van der Waals surface area (Å²) in [5.74, 6) is 1.09. The van der Waals surface area contributed by atoms with E-state index in [0.29, 0.717) is 11.5 Å². The quantitative estimate of drug-likeness (QED) is 0.603. The molecule has 160 valence electrons. The first-order valence-electron chi connectivity index (χ1n) is 8.83. The molecule has 1 aliphatic rings. The van der Waals surface area contributed by atoms with E-state index >= 15 is 0 Å². The molecule has 0 bridgehead atoms. The minimum absolute atomic E-state index is 0.0243. The highest BCUT2D eigenvalue weighted by molar-refractivity contribution is 7.69. The second-order valence-electron chi connectivity index (χ2n) is 7.36. The first-order chi connectivity index (χ1) is 14.0. The highest BCUT2D eigenvalue weighted by Gasteiger charge is 2.61. The van der Waals surface area contributed by atoms with Crippen LogP contribution in [-0.2, 0) is 17.1 Å². The zero-order valence-electron chi connectivity index (χ0n) is 16.0. The van der Waals surface area contributed by atoms with E-state index in [1.54, 1.807) is 0 Å². The molecule has 7 nitrogen and oxygen atoms in total. The minimum atomic E-state index is -4.47. The molecule has 0 saturated heterocycles. The van der Waals surface area contributed by atoms with Gasteiger partial charge in [0, 0.05) is 17.7 Å². The molecule has 2 atom stereocenters. The van der Waals surface area contributed by atoms with E-state index in [2.05, 4.69) is 46.2 Å². The van der Waals surface area contributed by atoms with Gasteiger partial charge in [0.25, 0.3) is 0 Å². The van der Waals surface area contributed by atoms with Crippen LogP contribution in [0.1, 0.15) is 42.8 Å². The largest absolute Gasteiger partial charge is 0.433 e. The average molecular weight is 440 g/mol. The van der Waals surface area contributed by atoms with Crippen molar-refractivity contribution in [2.24, 2.45) is 10.6 Å². The van der Waals surface area contributed by atoms with Gasteiger partial charge < -0.3 is 4.52 Å². The molecule has 0 radical (unpaired) electrons. The Hall–Kier alpha value is -2.79. The van der Waals surface area contributed by atoms with Crippen molar-refractivity contribution in [1.29, 1.82) is 0 Å². The maximum absolute atomic E-state index is 12.6. The summed E-state index contributed by atoms with van der Waals surface area (Å²) >= 11 is 0. The Labute approximate surface area is 172 Å². The summed E-state index contributed by atoms with van der Waals surface area (Å²) in [6, 6.07) is 12.3. The molecule has 2 heterocycles. The van der Waals surface area contributed by atoms with Crippen LogP contribution < -0.4 is 5.14 Å². The number of nitrogens with zero attached hydrogens (tertiary/aromatic N) is 3. The van der Waals surface area contributed by atoms with E-state index in [0.717, 1.165) is 12.3 Å². The molecular weight excluding hydrogens is 421 g/mol. The molecule has 4 rings (SSSR count). The predicted molar refractivity (Wildman–Crippen MR) is 103 cm³/mol. The highest BCUT2D eigenvalue weighted by Crippen LogP contribution is 2.69. The van der Waals surface area contributed by atoms with E-state index < -0.39 is 22.8 Å². The summed E-state index contributed by atoms with van der Waals surface area (Å²) in [5.41, 5.74) is 0.627. The first-order valence-corrected chi connectivity index (χ1v) is 10.1. The van der Waals surface area contributed by atoms with Crippen LogP contribution in [-0.4, -0.2) is 23.5 Å². The van der Waals surface area contributed by atoms with Crippen LogP contribution in [0.3, 0.4) is 0 Å². The second kappa shape index (κ2) is 8.15. The van der Waals surface area contributed by atoms with Gasteiger partial charge in [-0.2, -0.15) is 18.2 Å². The Kier molecular flexibility index (Phi) is 5.95. The number of aromatic nitrogens is 3. The number of halogens is 3. The molecule has 1 aliphatic carbocycles. The van der Waals surface area contributed by atoms with Crippen molar-refractivity contribution in [3.63, 3.8) is 0 Å². The van der Waals surface area contributed by atoms with Gasteiger partial charge in [0.05, 0.1) is 5.92 Å². The lowest BCUT2D eigenvalue weighted by Gasteiger charge is -2.04. The maximum Gasteiger partial charge on any atom is 0.433 e. The SMILES string of the molecule is CC1(C)[C@@H](c2ccccc2)[C@@H]1c1nc(-c2ccc(C(F)(F)F)nc2)no1.N[SH](=O)=O. The summed E-state index contributed by atoms with van der Waals surface area (Å²) in [6.07, 6.45) is -3.36. The third-order valence-corrected chi connectivity index (χ3v) is 5.01. The van der Waals surface area contributed by atoms with E-state index in [1.807, 2.05) is 18.2 Å². The first kappa shape index (κ1) is 21.9. The van der Waals surface area contributed by atoms with Gasteiger partial charge in [-0.1, -0.05) is 49.3 Å². The van der Waals surface area contributed by atoms with Crippen molar-refractivity contribution < 1.29 is 26.1 Å². The molecule has 0 spiro atoms. The topological polar surface area (TPSA) is 112 Å². The molecule has 2 aromatic heterocycles. The second-order valence-corrected chi connectivity index (χ2v) is 7.93. The molecule has 1 aromatic carbocycles. The molecule has 2 N–H and O–H groups in total. The number of hydrogen-bond acceptors (Lipinski definition) is 6. The van der Waals surface area contributed by atoms with Crippen LogP contribution in [0.5, 0.6) is 0 Å². The summed E-state index contributed by atoms with van der Waals surface area (Å²) in [7, 11) is -2.62. The van der Waals surface area contributed by atoms with E-state index in [1.165, 1.54) is 11.6 Å². The number of alkyl halides is 3. The number of nitrogens with two attached hydrogens (primary N) is 1. The normalized spacial score (nSPS) is 19.8. The molecule has 1 fully saturated rings. The molecule has 3 aromatic rings. The van der Waals surface area contributed by atoms with Gasteiger partial charge in [-0.3, -0.25) is 4.98 Å². The monoisotopic (exact) mass is 440 g/mol. The van der Waals surface area contributed by atoms with Gasteiger partial charge in [0.15, 0.2) is 10.9 Å². The highest BCUT2D eigenvalue weighted by atomic mass is 32.2. The van der Waals surface area contributed by atoms with Gasteiger partial charge in [-0.05, 0) is 23.1 Å². The van der Waals surface area contributed by atoms with Crippen LogP contribution in [0.4, 0.5) is 13.2 Å². The van der Waals surface area contributed by atoms with Crippen LogP contribution in [0.25, 0.3) is 11.4 Å². The van der Waals surface area contributed by atoms with Crippen molar-refractivity contribution >= 4 is 10.9 Å². The van der Waals surface area contributed by atoms with Crippen molar-refractivity contribution in [1.82, 2.24) is 15.1 Å². The lowest BCUT2D eigenvalue weighted by Crippen LogP contribution is -2.07. The smallest absolute Gasteiger partial charge is 0.339 e. The zero-order chi connectivity index (χ0) is 22.1. The summed E-state index contributed by atoms with van der Waals surface area (Å²) in [5, 5.41) is 7.99. The van der Waals surface area contributed by atoms with Crippen molar-refractivity contribution in [3.8, 4) is 11.4 Å². The van der Waals surface area contributed by atoms with Crippen molar-refractivity contribution in [2.75, 3.05) is 0 Å². The van der Waals surface area contributed by atoms with E-state index in [4.69, 9.17) is 12.9 Å². The average Bonchev–Trinajstić information content (AvgIpc) is 3.01. The fourth-order valence-electron chi connectivity index (χ4n) is 3.55. The number of thiol groups is 1. The molecule has 0 aliphatic heterocycles. The maximum atomic E-state index is 12.6. The molecule has 30 heavy (non-hydrogen) atoms. The molecular formula is C19H19F3N4O3S. The van der Waals surface area contributed by atoms with Crippen LogP contribution in [0.15, 0.2) is 53.2 Å². The molecule has 11 heteroatoms. The summed E-state index contributed by atoms with van der Waals surface area (Å²) in [6.45, 7) is 4.28. The number of hydrogen-bond donors (Lipinski definition) is 2. The zero-order valence-corrected chi connectivity index (χ0v) is 16.9. The molecule has 0 unspecified atom stereocenters. The Balaban J connectivity index is 0.000000589. The number of benzene rings is 1. The summed E-state index contributed by atoms with van der Waals surface area (Å²) < 4.78 is 60.9. The lowest BCUT2D eigenvalue weighted by atomic mass is 10.0. The Morgan fingerprint density at radius 3 is 2.23 bits per heavy atom. The Morgan fingerprint density at radius 2 is 1.70 bits per heavy atom. The Morgan fingerprint density at radius 1 is 1.07 bits per heavy atom. The van der Waals surface area contributed by atoms with E-state index in [9.17, 15) is 13.2 Å². The van der Waals surface area contributed by atoms with Gasteiger partial charge in [-0.15, -0.1) is 0 Å². The number of pyridine rings is 1. The lowest BCUT2D eigenvalue weighted by molar-refractivity contribution is -0.141. The Bertz CT molecular complexity index is 1070. The molecule has 1 saturated carbocycles. The van der Waals surface area contributed by atoms with Gasteiger partial charge in [0.1, 0.15) is 5.69 Å². The standard InChI is InChI=1S/C19H16F3N3O.H3NO2S/c1-18(2)14(11-6-4-3-5-7-11)15(18)17-24-16(25-26-17)12-8-9-13(23-10-12)19(20,21)22;1-4(2)3/h3-10,14-15H,1-2H3;4H,(H2,1,2,3)/t14-,15+;/m0./s1. The van der Waals surface area contributed by atoms with Crippen LogP contribution in [0, 0.1) is 5.41 Å². The predicted octanol–water partition coefficient (Wildman–Crippen LogP) is 3.53. The van der Waals surface area contributed by atoms with E-state index in [-0.39, 0.29) is 23.1 Å². The van der Waals surface area contributed by atoms with Gasteiger partial charge in [-0.25, -0.2) is 13.6 Å². The van der Waals surface area contributed by atoms with Crippen LogP contribution in [0.2, 0.25) is 0 Å². The van der Waals surface area contributed by atoms with Gasteiger partial charge >= 0.3 is 6.18 Å². The molecule has 0 amide bonds. The third-order valence-electron chi connectivity index (χ3n) is 5.01. The fraction of sp³-hybridized carbons (Fsp3) is 0.316. The summed E-state index contributed by atoms with van der Waals surface area (Å²) in [4.78, 5) is 7.85. The van der Waals surface area contributed by atoms with Crippen LogP contribution >= 0.6 is 0 Å². The fourth-order valence-corrected chi connectivity index (χ4v) is 3.55. The minimum Gasteiger partial charge on any atom is -0.339 e. The third kappa shape index (κ3) is 4.68. The van der Waals surface area contributed by atoms with Gasteiger partial charge in [0.2, 0.25) is 11.7 Å². The number of rotatable bonds is 3. The van der Waals surface area contributed by atoms with Crippen molar-refractivity contribution in [3.05, 3.63) is 65.8 Å².